The van der Waals surface area contributed by atoms with Crippen LogP contribution >= 0.6 is 0 Å². The zero-order chi connectivity index (χ0) is 26.9. The molecule has 1 aliphatic heterocycles. The van der Waals surface area contributed by atoms with E-state index in [9.17, 15) is 9.59 Å². The summed E-state index contributed by atoms with van der Waals surface area (Å²) < 4.78 is 37.9. The number of ether oxygens (including phenoxy) is 1. The largest absolute Gasteiger partial charge is 0.482 e. The highest BCUT2D eigenvalue weighted by Gasteiger charge is 2.56. The molecule has 1 amide bonds. The highest BCUT2D eigenvalue weighted by molar-refractivity contribution is 5.96. The van der Waals surface area contributed by atoms with Gasteiger partial charge >= 0.3 is 0 Å². The number of carbonyl (C=O) groups excluding carboxylic acids is 1. The lowest BCUT2D eigenvalue weighted by Gasteiger charge is -2.49. The lowest BCUT2D eigenvalue weighted by molar-refractivity contribution is 0.0712. The van der Waals surface area contributed by atoms with Gasteiger partial charge in [-0.2, -0.15) is 0 Å². The summed E-state index contributed by atoms with van der Waals surface area (Å²) in [6.45, 7) is 0.207. The summed E-state index contributed by atoms with van der Waals surface area (Å²) in [7, 11) is 1.64. The van der Waals surface area contributed by atoms with E-state index in [0.717, 1.165) is 11.1 Å². The van der Waals surface area contributed by atoms with Crippen LogP contribution in [0.2, 0.25) is 0 Å². The first-order chi connectivity index (χ1) is 18.9. The molecule has 0 saturated carbocycles. The van der Waals surface area contributed by atoms with Gasteiger partial charge in [-0.3, -0.25) is 19.3 Å². The average molecular weight is 524 g/mol. The number of rotatable bonds is 4. The maximum Gasteiger partial charge on any atom is 0.277 e. The first-order valence-corrected chi connectivity index (χ1v) is 12.6. The monoisotopic (exact) mass is 523 g/mol. The molecular weight excluding hydrogens is 500 g/mol. The molecule has 6 nitrogen and oxygen atoms in total. The molecule has 3 aromatic carbocycles. The minimum Gasteiger partial charge on any atom is -0.482 e. The molecule has 0 spiro atoms. The van der Waals surface area contributed by atoms with E-state index in [1.807, 2.05) is 47.5 Å². The maximum absolute atomic E-state index is 15.2. The van der Waals surface area contributed by atoms with E-state index in [2.05, 4.69) is 0 Å². The number of pyridine rings is 1. The Balaban J connectivity index is 1.47. The van der Waals surface area contributed by atoms with Gasteiger partial charge in [0.15, 0.2) is 11.4 Å². The second-order valence-corrected chi connectivity index (χ2v) is 10.0. The van der Waals surface area contributed by atoms with Crippen LogP contribution in [0.3, 0.4) is 0 Å². The Bertz CT molecular complexity index is 1770. The van der Waals surface area contributed by atoms with Gasteiger partial charge in [0, 0.05) is 24.9 Å². The summed E-state index contributed by atoms with van der Waals surface area (Å²) in [5.74, 6) is -1.17. The molecule has 1 aromatic heterocycles. The van der Waals surface area contributed by atoms with Crippen LogP contribution in [0.25, 0.3) is 6.08 Å². The summed E-state index contributed by atoms with van der Waals surface area (Å²) in [6, 6.07) is 20.5. The minimum absolute atomic E-state index is 0.0654. The van der Waals surface area contributed by atoms with E-state index in [1.54, 1.807) is 36.1 Å². The molecule has 0 bridgehead atoms. The average Bonchev–Trinajstić information content (AvgIpc) is 3.44. The molecule has 0 radical (unpaired) electrons. The Morgan fingerprint density at radius 3 is 2.44 bits per heavy atom. The van der Waals surface area contributed by atoms with Crippen molar-refractivity contribution in [1.29, 1.82) is 0 Å². The Morgan fingerprint density at radius 2 is 1.64 bits per heavy atom. The van der Waals surface area contributed by atoms with Crippen LogP contribution in [-0.4, -0.2) is 29.2 Å². The van der Waals surface area contributed by atoms with Crippen molar-refractivity contribution in [1.82, 2.24) is 9.58 Å². The lowest BCUT2D eigenvalue weighted by Crippen LogP contribution is -2.61. The van der Waals surface area contributed by atoms with Gasteiger partial charge in [-0.05, 0) is 52.5 Å². The third-order valence-corrected chi connectivity index (χ3v) is 7.91. The smallest absolute Gasteiger partial charge is 0.277 e. The zero-order valence-electron chi connectivity index (χ0n) is 21.0. The van der Waals surface area contributed by atoms with Crippen LogP contribution < -0.4 is 15.2 Å². The van der Waals surface area contributed by atoms with Gasteiger partial charge in [-0.25, -0.2) is 8.78 Å². The number of halogens is 2. The van der Waals surface area contributed by atoms with Crippen LogP contribution in [0.1, 0.15) is 38.3 Å². The molecule has 0 fully saturated rings. The Kier molecular flexibility index (Phi) is 5.04. The molecule has 0 saturated heterocycles. The van der Waals surface area contributed by atoms with Gasteiger partial charge < -0.3 is 9.64 Å². The first-order valence-electron chi connectivity index (χ1n) is 12.6. The molecule has 7 rings (SSSR count). The number of hydrogen-bond acceptors (Lipinski definition) is 4. The van der Waals surface area contributed by atoms with Gasteiger partial charge in [0.1, 0.15) is 30.4 Å². The normalized spacial score (nSPS) is 18.8. The van der Waals surface area contributed by atoms with Crippen molar-refractivity contribution in [2.45, 2.75) is 18.6 Å². The summed E-state index contributed by atoms with van der Waals surface area (Å²) >= 11 is 0. The molecular formula is C31H23F2N3O3. The molecule has 8 heteroatoms. The predicted molar refractivity (Wildman–Crippen MR) is 142 cm³/mol. The number of hydrogen-bond donors (Lipinski definition) is 0. The topological polar surface area (TPSA) is 54.8 Å². The number of carbonyl (C=O) groups is 1. The fourth-order valence-corrected chi connectivity index (χ4v) is 6.22. The van der Waals surface area contributed by atoms with Crippen LogP contribution in [0.4, 0.5) is 8.78 Å². The molecule has 39 heavy (non-hydrogen) atoms. The summed E-state index contributed by atoms with van der Waals surface area (Å²) in [5.41, 5.74) is 2.48. The molecule has 2 heterocycles. The second-order valence-electron chi connectivity index (χ2n) is 10.0. The molecule has 0 N–H and O–H groups in total. The van der Waals surface area contributed by atoms with E-state index in [-0.39, 0.29) is 48.7 Å². The van der Waals surface area contributed by atoms with Crippen LogP contribution in [0, 0.1) is 11.6 Å². The minimum atomic E-state index is -1.09. The van der Waals surface area contributed by atoms with E-state index < -0.39 is 11.0 Å². The van der Waals surface area contributed by atoms with Gasteiger partial charge in [-0.15, -0.1) is 0 Å². The number of nitrogens with zero attached hydrogens (tertiary/aromatic N) is 3. The maximum atomic E-state index is 15.2. The Morgan fingerprint density at radius 1 is 0.897 bits per heavy atom. The number of fused-ring (bicyclic) bond motifs is 6. The standard InChI is InChI=1S/C31H23F2N3O3/c1-34-18-36(35-14-13-27(37)29(28(35)30(34)38)39-17-19-7-3-2-4-8-19)31-20(15-21-23(31)9-5-11-25(21)32)16-22-24(31)10-6-12-26(22)33/h2-15H,16-18H2,1H3. The van der Waals surface area contributed by atoms with Crippen molar-refractivity contribution in [3.05, 3.63) is 140 Å². The van der Waals surface area contributed by atoms with Crippen LogP contribution in [-0.2, 0) is 18.6 Å². The first kappa shape index (κ1) is 23.4. The van der Waals surface area contributed by atoms with Crippen molar-refractivity contribution in [3.63, 3.8) is 0 Å². The molecule has 2 aliphatic carbocycles. The van der Waals surface area contributed by atoms with Gasteiger partial charge in [0.25, 0.3) is 5.91 Å². The summed E-state index contributed by atoms with van der Waals surface area (Å²) in [6.07, 6.45) is 3.62. The molecule has 1 atom stereocenters. The highest BCUT2D eigenvalue weighted by Crippen LogP contribution is 2.56. The third-order valence-electron chi connectivity index (χ3n) is 7.91. The van der Waals surface area contributed by atoms with E-state index in [4.69, 9.17) is 4.74 Å². The Labute approximate surface area is 223 Å². The quantitative estimate of drug-likeness (QED) is 0.393. The molecule has 3 aliphatic rings. The van der Waals surface area contributed by atoms with E-state index in [1.165, 1.54) is 23.1 Å². The summed E-state index contributed by atoms with van der Waals surface area (Å²) in [4.78, 5) is 28.1. The molecule has 1 unspecified atom stereocenters. The predicted octanol–water partition coefficient (Wildman–Crippen LogP) is 4.58. The molecule has 194 valence electrons. The van der Waals surface area contributed by atoms with Crippen molar-refractivity contribution in [3.8, 4) is 5.75 Å². The highest BCUT2D eigenvalue weighted by atomic mass is 19.1. The molecule has 4 aromatic rings. The zero-order valence-corrected chi connectivity index (χ0v) is 21.0. The second kappa shape index (κ2) is 8.39. The van der Waals surface area contributed by atoms with Crippen molar-refractivity contribution < 1.29 is 18.3 Å². The van der Waals surface area contributed by atoms with Crippen molar-refractivity contribution in [2.75, 3.05) is 18.7 Å². The fraction of sp³-hybridized carbons (Fsp3) is 0.161. The number of benzene rings is 3. The summed E-state index contributed by atoms with van der Waals surface area (Å²) in [5, 5.41) is 1.90. The number of aromatic nitrogens is 1. The van der Waals surface area contributed by atoms with Crippen molar-refractivity contribution in [2.24, 2.45) is 0 Å². The van der Waals surface area contributed by atoms with Gasteiger partial charge in [0.05, 0.1) is 0 Å². The fourth-order valence-electron chi connectivity index (χ4n) is 6.22. The van der Waals surface area contributed by atoms with Crippen LogP contribution in [0.5, 0.6) is 5.75 Å². The third kappa shape index (κ3) is 3.17. The van der Waals surface area contributed by atoms with E-state index in [0.29, 0.717) is 22.3 Å². The number of amides is 1. The van der Waals surface area contributed by atoms with Gasteiger partial charge in [0.2, 0.25) is 5.43 Å². The van der Waals surface area contributed by atoms with Crippen molar-refractivity contribution >= 4 is 12.0 Å². The van der Waals surface area contributed by atoms with E-state index >= 15 is 8.78 Å². The van der Waals surface area contributed by atoms with Gasteiger partial charge in [-0.1, -0.05) is 54.6 Å². The Hall–Kier alpha value is -4.72. The SMILES string of the molecule is CN1CN(C23C(=Cc4c(F)cccc42)Cc2c(F)cccc23)n2ccc(=O)c(OCc3ccccc3)c2C1=O. The lowest BCUT2D eigenvalue weighted by atomic mass is 9.83. The van der Waals surface area contributed by atoms with Crippen LogP contribution in [0.15, 0.2) is 89.4 Å².